The fourth-order valence-corrected chi connectivity index (χ4v) is 2.91. The Morgan fingerprint density at radius 2 is 2.11 bits per heavy atom. The SMILES string of the molecule is CC1CCC(O)(CNC(=O)C2CC(=O)N(C)C2)CC1. The van der Waals surface area contributed by atoms with Crippen molar-refractivity contribution in [2.24, 2.45) is 11.8 Å². The van der Waals surface area contributed by atoms with Gasteiger partial charge in [-0.05, 0) is 31.6 Å². The van der Waals surface area contributed by atoms with E-state index in [1.54, 1.807) is 11.9 Å². The van der Waals surface area contributed by atoms with Crippen molar-refractivity contribution >= 4 is 11.8 Å². The van der Waals surface area contributed by atoms with E-state index < -0.39 is 5.60 Å². The van der Waals surface area contributed by atoms with Crippen molar-refractivity contribution in [3.8, 4) is 0 Å². The van der Waals surface area contributed by atoms with Gasteiger partial charge < -0.3 is 15.3 Å². The fourth-order valence-electron chi connectivity index (χ4n) is 2.91. The fraction of sp³-hybridized carbons (Fsp3) is 0.857. The number of nitrogens with one attached hydrogen (secondary N) is 1. The van der Waals surface area contributed by atoms with Crippen LogP contribution in [0.5, 0.6) is 0 Å². The lowest BCUT2D eigenvalue weighted by atomic mass is 9.79. The quantitative estimate of drug-likeness (QED) is 0.784. The Labute approximate surface area is 114 Å². The first-order valence-electron chi connectivity index (χ1n) is 7.14. The molecule has 0 radical (unpaired) electrons. The number of carbonyl (C=O) groups excluding carboxylic acids is 2. The minimum Gasteiger partial charge on any atom is -0.388 e. The van der Waals surface area contributed by atoms with Crippen molar-refractivity contribution in [2.45, 2.75) is 44.6 Å². The smallest absolute Gasteiger partial charge is 0.225 e. The summed E-state index contributed by atoms with van der Waals surface area (Å²) in [5.41, 5.74) is -0.753. The summed E-state index contributed by atoms with van der Waals surface area (Å²) in [6.45, 7) is 2.99. The van der Waals surface area contributed by atoms with Gasteiger partial charge >= 0.3 is 0 Å². The molecule has 0 bridgehead atoms. The maximum atomic E-state index is 12.0. The maximum absolute atomic E-state index is 12.0. The zero-order valence-corrected chi connectivity index (χ0v) is 11.8. The topological polar surface area (TPSA) is 69.6 Å². The van der Waals surface area contributed by atoms with Gasteiger partial charge in [-0.1, -0.05) is 6.92 Å². The number of carbonyl (C=O) groups is 2. The van der Waals surface area contributed by atoms with Crippen molar-refractivity contribution in [2.75, 3.05) is 20.1 Å². The highest BCUT2D eigenvalue weighted by Gasteiger charge is 2.35. The Morgan fingerprint density at radius 1 is 1.47 bits per heavy atom. The van der Waals surface area contributed by atoms with Gasteiger partial charge in [0.15, 0.2) is 0 Å². The summed E-state index contributed by atoms with van der Waals surface area (Å²) in [5, 5.41) is 13.2. The largest absolute Gasteiger partial charge is 0.388 e. The van der Waals surface area contributed by atoms with Crippen LogP contribution in [0.3, 0.4) is 0 Å². The van der Waals surface area contributed by atoms with Crippen molar-refractivity contribution in [1.82, 2.24) is 10.2 Å². The van der Waals surface area contributed by atoms with Crippen LogP contribution in [0.25, 0.3) is 0 Å². The highest BCUT2D eigenvalue weighted by atomic mass is 16.3. The summed E-state index contributed by atoms with van der Waals surface area (Å²) in [7, 11) is 1.71. The minimum absolute atomic E-state index is 0.0188. The summed E-state index contributed by atoms with van der Waals surface area (Å²) in [5.74, 6) is 0.316. The second-order valence-corrected chi connectivity index (χ2v) is 6.30. The number of rotatable bonds is 3. The van der Waals surface area contributed by atoms with Crippen LogP contribution in [0.2, 0.25) is 0 Å². The van der Waals surface area contributed by atoms with Crippen molar-refractivity contribution in [3.05, 3.63) is 0 Å². The maximum Gasteiger partial charge on any atom is 0.225 e. The number of amides is 2. The summed E-state index contributed by atoms with van der Waals surface area (Å²) in [6, 6.07) is 0. The number of hydrogen-bond acceptors (Lipinski definition) is 3. The average Bonchev–Trinajstić information content (AvgIpc) is 2.71. The second kappa shape index (κ2) is 5.49. The average molecular weight is 268 g/mol. The molecule has 19 heavy (non-hydrogen) atoms. The van der Waals surface area contributed by atoms with E-state index >= 15 is 0 Å². The Kier molecular flexibility index (Phi) is 4.13. The normalized spacial score (nSPS) is 35.5. The summed E-state index contributed by atoms with van der Waals surface area (Å²) in [6.07, 6.45) is 3.81. The minimum atomic E-state index is -0.753. The van der Waals surface area contributed by atoms with Crippen molar-refractivity contribution in [3.63, 3.8) is 0 Å². The molecule has 0 aromatic carbocycles. The van der Waals surface area contributed by atoms with Crippen LogP contribution in [0, 0.1) is 11.8 Å². The number of likely N-dealkylation sites (tertiary alicyclic amines) is 1. The van der Waals surface area contributed by atoms with Crippen LogP contribution in [0.15, 0.2) is 0 Å². The Bertz CT molecular complexity index is 362. The van der Waals surface area contributed by atoms with Crippen molar-refractivity contribution in [1.29, 1.82) is 0 Å². The van der Waals surface area contributed by atoms with Crippen LogP contribution in [0.1, 0.15) is 39.0 Å². The molecule has 1 heterocycles. The molecule has 1 atom stereocenters. The monoisotopic (exact) mass is 268 g/mol. The van der Waals surface area contributed by atoms with Crippen LogP contribution >= 0.6 is 0 Å². The molecule has 5 heteroatoms. The van der Waals surface area contributed by atoms with Crippen LogP contribution in [-0.4, -0.2) is 47.6 Å². The lowest BCUT2D eigenvalue weighted by Gasteiger charge is -2.35. The van der Waals surface area contributed by atoms with Crippen molar-refractivity contribution < 1.29 is 14.7 Å². The molecular formula is C14H24N2O3. The molecule has 108 valence electrons. The second-order valence-electron chi connectivity index (χ2n) is 6.30. The van der Waals surface area contributed by atoms with Gasteiger partial charge in [0.1, 0.15) is 0 Å². The van der Waals surface area contributed by atoms with E-state index in [9.17, 15) is 14.7 Å². The molecule has 2 fully saturated rings. The molecular weight excluding hydrogens is 244 g/mol. The van der Waals surface area contributed by atoms with Crippen LogP contribution < -0.4 is 5.32 Å². The van der Waals surface area contributed by atoms with E-state index in [-0.39, 0.29) is 24.2 Å². The molecule has 1 aliphatic heterocycles. The first-order chi connectivity index (χ1) is 8.89. The highest BCUT2D eigenvalue weighted by Crippen LogP contribution is 2.31. The van der Waals surface area contributed by atoms with E-state index in [0.29, 0.717) is 19.0 Å². The lowest BCUT2D eigenvalue weighted by molar-refractivity contribution is -0.129. The summed E-state index contributed by atoms with van der Waals surface area (Å²) >= 11 is 0. The van der Waals surface area contributed by atoms with Crippen LogP contribution in [-0.2, 0) is 9.59 Å². The van der Waals surface area contributed by atoms with Gasteiger partial charge in [-0.3, -0.25) is 9.59 Å². The predicted octanol–water partition coefficient (Wildman–Crippen LogP) is 0.522. The summed E-state index contributed by atoms with van der Waals surface area (Å²) < 4.78 is 0. The first kappa shape index (κ1) is 14.3. The van der Waals surface area contributed by atoms with E-state index in [1.807, 2.05) is 0 Å². The number of aliphatic hydroxyl groups is 1. The number of hydrogen-bond donors (Lipinski definition) is 2. The van der Waals surface area contributed by atoms with E-state index in [0.717, 1.165) is 25.7 Å². The van der Waals surface area contributed by atoms with Crippen LogP contribution in [0.4, 0.5) is 0 Å². The lowest BCUT2D eigenvalue weighted by Crippen LogP contribution is -2.46. The molecule has 0 aromatic rings. The third-order valence-electron chi connectivity index (χ3n) is 4.51. The zero-order valence-electron chi connectivity index (χ0n) is 11.8. The summed E-state index contributed by atoms with van der Waals surface area (Å²) in [4.78, 5) is 25.0. The van der Waals surface area contributed by atoms with E-state index in [1.165, 1.54) is 0 Å². The third kappa shape index (κ3) is 3.47. The molecule has 2 amide bonds. The first-order valence-corrected chi connectivity index (χ1v) is 7.14. The van der Waals surface area contributed by atoms with Gasteiger partial charge in [0.25, 0.3) is 0 Å². The zero-order chi connectivity index (χ0) is 14.0. The van der Waals surface area contributed by atoms with Gasteiger partial charge in [0, 0.05) is 26.6 Å². The molecule has 1 saturated heterocycles. The molecule has 2 N–H and O–H groups in total. The Balaban J connectivity index is 1.79. The van der Waals surface area contributed by atoms with Gasteiger partial charge in [-0.2, -0.15) is 0 Å². The van der Waals surface area contributed by atoms with Gasteiger partial charge in [0.2, 0.25) is 11.8 Å². The highest BCUT2D eigenvalue weighted by molar-refractivity contribution is 5.89. The molecule has 5 nitrogen and oxygen atoms in total. The Hall–Kier alpha value is -1.10. The predicted molar refractivity (Wildman–Crippen MR) is 71.3 cm³/mol. The van der Waals surface area contributed by atoms with Gasteiger partial charge in [-0.25, -0.2) is 0 Å². The van der Waals surface area contributed by atoms with Gasteiger partial charge in [0.05, 0.1) is 11.5 Å². The van der Waals surface area contributed by atoms with Gasteiger partial charge in [-0.15, -0.1) is 0 Å². The molecule has 1 unspecified atom stereocenters. The number of nitrogens with zero attached hydrogens (tertiary/aromatic N) is 1. The standard InChI is InChI=1S/C14H24N2O3/c1-10-3-5-14(19,6-4-10)9-15-13(18)11-7-12(17)16(2)8-11/h10-11,19H,3-9H2,1-2H3,(H,15,18). The molecule has 2 rings (SSSR count). The van der Waals surface area contributed by atoms with E-state index in [2.05, 4.69) is 12.2 Å². The molecule has 1 saturated carbocycles. The van der Waals surface area contributed by atoms with E-state index in [4.69, 9.17) is 0 Å². The molecule has 2 aliphatic rings. The third-order valence-corrected chi connectivity index (χ3v) is 4.51. The Morgan fingerprint density at radius 3 is 2.63 bits per heavy atom. The molecule has 0 aromatic heterocycles. The molecule has 1 aliphatic carbocycles. The molecule has 0 spiro atoms.